The lowest BCUT2D eigenvalue weighted by Crippen LogP contribution is -2.36. The molecule has 0 amide bonds. The summed E-state index contributed by atoms with van der Waals surface area (Å²) in [6.45, 7) is 0.220. The molecule has 0 aromatic heterocycles. The Morgan fingerprint density at radius 2 is 1.85 bits per heavy atom. The highest BCUT2D eigenvalue weighted by molar-refractivity contribution is 7.87. The zero-order valence-electron chi connectivity index (χ0n) is 11.6. The fraction of sp³-hybridized carbons (Fsp3) is 0.917. The number of esters is 1. The van der Waals surface area contributed by atoms with Crippen molar-refractivity contribution in [3.8, 4) is 0 Å². The molecular weight excluding hydrogens is 294 g/mol. The summed E-state index contributed by atoms with van der Waals surface area (Å²) in [5.74, 6) is -0.850. The normalized spacial score (nSPS) is 19.6. The van der Waals surface area contributed by atoms with E-state index in [0.717, 1.165) is 39.2 Å². The lowest BCUT2D eigenvalue weighted by molar-refractivity contribution is -0.149. The zero-order valence-corrected chi connectivity index (χ0v) is 12.4. The Labute approximate surface area is 117 Å². The summed E-state index contributed by atoms with van der Waals surface area (Å²) in [6.07, 6.45) is 3.30. The second kappa shape index (κ2) is 6.80. The van der Waals surface area contributed by atoms with Gasteiger partial charge in [0.2, 0.25) is 0 Å². The molecule has 0 heterocycles. The Morgan fingerprint density at radius 1 is 1.30 bits per heavy atom. The van der Waals surface area contributed by atoms with Crippen LogP contribution in [0.15, 0.2) is 0 Å². The highest BCUT2D eigenvalue weighted by Gasteiger charge is 2.44. The van der Waals surface area contributed by atoms with Crippen molar-refractivity contribution in [3.05, 3.63) is 0 Å². The molecule has 118 valence electrons. The van der Waals surface area contributed by atoms with Gasteiger partial charge in [0, 0.05) is 6.92 Å². The monoisotopic (exact) mass is 314 g/mol. The van der Waals surface area contributed by atoms with E-state index in [0.29, 0.717) is 0 Å². The summed E-state index contributed by atoms with van der Waals surface area (Å²) in [4.78, 5) is 11.5. The lowest BCUT2D eigenvalue weighted by atomic mass is 9.85. The van der Waals surface area contributed by atoms with Crippen LogP contribution in [-0.2, 0) is 23.8 Å². The van der Waals surface area contributed by atoms with Gasteiger partial charge in [-0.2, -0.15) is 17.2 Å². The van der Waals surface area contributed by atoms with Crippen molar-refractivity contribution in [1.29, 1.82) is 0 Å². The van der Waals surface area contributed by atoms with Crippen molar-refractivity contribution in [2.45, 2.75) is 56.8 Å². The van der Waals surface area contributed by atoms with Crippen molar-refractivity contribution >= 4 is 16.1 Å². The van der Waals surface area contributed by atoms with Crippen LogP contribution in [0.4, 0.5) is 8.78 Å². The zero-order chi connectivity index (χ0) is 15.4. The van der Waals surface area contributed by atoms with Crippen molar-refractivity contribution in [2.75, 3.05) is 7.11 Å². The van der Waals surface area contributed by atoms with Gasteiger partial charge in [-0.1, -0.05) is 32.1 Å². The number of hydrogen-bond acceptors (Lipinski definition) is 5. The molecule has 0 radical (unpaired) electrons. The molecule has 0 N–H and O–H groups in total. The van der Waals surface area contributed by atoms with E-state index in [1.54, 1.807) is 0 Å². The Kier molecular flexibility index (Phi) is 5.88. The quantitative estimate of drug-likeness (QED) is 0.556. The first-order valence-electron chi connectivity index (χ1n) is 6.56. The number of carbonyl (C=O) groups excluding carboxylic acids is 1. The molecule has 0 saturated heterocycles. The van der Waals surface area contributed by atoms with E-state index < -0.39 is 27.4 Å². The Hall–Kier alpha value is -0.760. The first-order valence-corrected chi connectivity index (χ1v) is 7.96. The second-order valence-electron chi connectivity index (χ2n) is 5.11. The third-order valence-electron chi connectivity index (χ3n) is 3.42. The minimum atomic E-state index is -5.14. The number of alkyl halides is 2. The molecule has 1 fully saturated rings. The van der Waals surface area contributed by atoms with Gasteiger partial charge in [0.1, 0.15) is 0 Å². The van der Waals surface area contributed by atoms with E-state index in [1.807, 2.05) is 0 Å². The molecule has 0 bridgehead atoms. The summed E-state index contributed by atoms with van der Waals surface area (Å²) in [5, 5.41) is -4.05. The summed E-state index contributed by atoms with van der Waals surface area (Å²) in [5.41, 5.74) is 0. The van der Waals surface area contributed by atoms with Gasteiger partial charge >= 0.3 is 21.3 Å². The maximum Gasteiger partial charge on any atom is 0.367 e. The van der Waals surface area contributed by atoms with Crippen molar-refractivity contribution < 1.29 is 30.9 Å². The largest absolute Gasteiger partial charge is 0.467 e. The highest BCUT2D eigenvalue weighted by atomic mass is 32.2. The van der Waals surface area contributed by atoms with Gasteiger partial charge in [-0.25, -0.2) is 4.79 Å². The minimum Gasteiger partial charge on any atom is -0.467 e. The molecule has 0 aliphatic heterocycles. The summed E-state index contributed by atoms with van der Waals surface area (Å²) in [6, 6.07) is 0. The van der Waals surface area contributed by atoms with Gasteiger partial charge in [-0.3, -0.25) is 4.18 Å². The number of rotatable bonds is 6. The van der Waals surface area contributed by atoms with Crippen LogP contribution in [0.25, 0.3) is 0 Å². The maximum absolute atomic E-state index is 12.9. The third-order valence-corrected chi connectivity index (χ3v) is 4.78. The van der Waals surface area contributed by atoms with Crippen molar-refractivity contribution in [1.82, 2.24) is 0 Å². The molecule has 1 rings (SSSR count). The van der Waals surface area contributed by atoms with Gasteiger partial charge < -0.3 is 4.74 Å². The molecule has 0 spiro atoms. The number of methoxy groups -OCH3 is 1. The van der Waals surface area contributed by atoms with Crippen LogP contribution >= 0.6 is 0 Å². The standard InChI is InChI=1S/C12H20F2O5S/c1-12(13,14)20(16,17)19-10(11(15)18-2)8-9-6-4-3-5-7-9/h9-10H,3-8H2,1-2H3/t10-/m1/s1. The third kappa shape index (κ3) is 4.66. The summed E-state index contributed by atoms with van der Waals surface area (Å²) >= 11 is 0. The minimum absolute atomic E-state index is 0.0853. The van der Waals surface area contributed by atoms with Crippen molar-refractivity contribution in [2.24, 2.45) is 5.92 Å². The Morgan fingerprint density at radius 3 is 2.30 bits per heavy atom. The summed E-state index contributed by atoms with van der Waals surface area (Å²) in [7, 11) is -4.07. The van der Waals surface area contributed by atoms with Gasteiger partial charge in [0.05, 0.1) is 7.11 Å². The van der Waals surface area contributed by atoms with Crippen LogP contribution in [0.1, 0.15) is 45.4 Å². The molecule has 0 aromatic rings. The Balaban J connectivity index is 2.77. The molecular formula is C12H20F2O5S. The van der Waals surface area contributed by atoms with Crippen LogP contribution in [0.3, 0.4) is 0 Å². The van der Waals surface area contributed by atoms with E-state index in [1.165, 1.54) is 0 Å². The molecule has 1 aliphatic carbocycles. The fourth-order valence-electron chi connectivity index (χ4n) is 2.27. The predicted molar refractivity (Wildman–Crippen MR) is 67.6 cm³/mol. The molecule has 0 aromatic carbocycles. The lowest BCUT2D eigenvalue weighted by Gasteiger charge is -2.25. The first kappa shape index (κ1) is 17.3. The fourth-order valence-corrected chi connectivity index (χ4v) is 2.90. The van der Waals surface area contributed by atoms with Gasteiger partial charge in [0.15, 0.2) is 6.10 Å². The summed E-state index contributed by atoms with van der Waals surface area (Å²) < 4.78 is 57.4. The SMILES string of the molecule is COC(=O)[C@@H](CC1CCCCC1)OS(=O)(=O)C(C)(F)F. The molecule has 1 saturated carbocycles. The predicted octanol–water partition coefficient (Wildman–Crippen LogP) is 2.46. The van der Waals surface area contributed by atoms with Crippen molar-refractivity contribution in [3.63, 3.8) is 0 Å². The van der Waals surface area contributed by atoms with E-state index in [4.69, 9.17) is 0 Å². The molecule has 20 heavy (non-hydrogen) atoms. The Bertz CT molecular complexity index is 424. The van der Waals surface area contributed by atoms with Crippen LogP contribution in [-0.4, -0.2) is 32.9 Å². The van der Waals surface area contributed by atoms with Crippen LogP contribution < -0.4 is 0 Å². The number of hydrogen-bond donors (Lipinski definition) is 0. The van der Waals surface area contributed by atoms with Gasteiger partial charge in [-0.15, -0.1) is 0 Å². The van der Waals surface area contributed by atoms with Crippen LogP contribution in [0, 0.1) is 5.92 Å². The number of carbonyl (C=O) groups is 1. The topological polar surface area (TPSA) is 69.7 Å². The van der Waals surface area contributed by atoms with E-state index in [9.17, 15) is 22.0 Å². The van der Waals surface area contributed by atoms with Gasteiger partial charge in [-0.05, 0) is 12.3 Å². The average Bonchev–Trinajstić information content (AvgIpc) is 2.36. The highest BCUT2D eigenvalue weighted by Crippen LogP contribution is 2.31. The van der Waals surface area contributed by atoms with Gasteiger partial charge in [0.25, 0.3) is 0 Å². The number of halogens is 2. The number of ether oxygens (including phenoxy) is 1. The maximum atomic E-state index is 12.9. The van der Waals surface area contributed by atoms with E-state index >= 15 is 0 Å². The average molecular weight is 314 g/mol. The van der Waals surface area contributed by atoms with Crippen LogP contribution in [0.5, 0.6) is 0 Å². The molecule has 8 heteroatoms. The molecule has 1 aliphatic rings. The first-order chi connectivity index (χ1) is 9.17. The molecule has 1 atom stereocenters. The van der Waals surface area contributed by atoms with E-state index in [2.05, 4.69) is 8.92 Å². The molecule has 5 nitrogen and oxygen atoms in total. The second-order valence-corrected chi connectivity index (χ2v) is 6.93. The van der Waals surface area contributed by atoms with Crippen LogP contribution in [0.2, 0.25) is 0 Å². The van der Waals surface area contributed by atoms with E-state index in [-0.39, 0.29) is 19.3 Å². The smallest absolute Gasteiger partial charge is 0.367 e. The molecule has 0 unspecified atom stereocenters.